The lowest BCUT2D eigenvalue weighted by Gasteiger charge is -2.40. The zero-order valence-electron chi connectivity index (χ0n) is 13.4. The molecule has 108 valence electrons. The maximum Gasteiger partial charge on any atom is 0.192 e. The standard InChI is InChI=1S/C16H29NOSi/c1-13(17-15-11-9-8-10-12-15)14(2)18-19(6,7)16(3,4)5/h8-14,17H,1-7H3/t13-,14+/m0/s1. The number of para-hydroxylation sites is 1. The third-order valence-corrected chi connectivity index (χ3v) is 8.73. The van der Waals surface area contributed by atoms with Crippen molar-refractivity contribution in [2.75, 3.05) is 5.32 Å². The van der Waals surface area contributed by atoms with Crippen LogP contribution in [0, 0.1) is 0 Å². The van der Waals surface area contributed by atoms with Crippen LogP contribution in [0.5, 0.6) is 0 Å². The van der Waals surface area contributed by atoms with E-state index in [0.29, 0.717) is 6.04 Å². The predicted molar refractivity (Wildman–Crippen MR) is 87.3 cm³/mol. The molecule has 0 aromatic heterocycles. The summed E-state index contributed by atoms with van der Waals surface area (Å²) in [6.45, 7) is 15.8. The fourth-order valence-corrected chi connectivity index (χ4v) is 3.15. The second-order valence-corrected chi connectivity index (χ2v) is 11.6. The molecular weight excluding hydrogens is 250 g/mol. The Morgan fingerprint density at radius 1 is 1.05 bits per heavy atom. The topological polar surface area (TPSA) is 21.3 Å². The van der Waals surface area contributed by atoms with Gasteiger partial charge in [-0.1, -0.05) is 39.0 Å². The molecule has 0 saturated carbocycles. The van der Waals surface area contributed by atoms with Crippen molar-refractivity contribution in [2.45, 2.75) is 64.9 Å². The zero-order chi connectivity index (χ0) is 14.7. The number of nitrogens with one attached hydrogen (secondary N) is 1. The normalized spacial score (nSPS) is 15.9. The third-order valence-electron chi connectivity index (χ3n) is 4.16. The summed E-state index contributed by atoms with van der Waals surface area (Å²) in [7, 11) is -1.69. The molecule has 0 aliphatic rings. The maximum atomic E-state index is 6.41. The first-order chi connectivity index (χ1) is 8.63. The van der Waals surface area contributed by atoms with Gasteiger partial charge < -0.3 is 9.74 Å². The summed E-state index contributed by atoms with van der Waals surface area (Å²) < 4.78 is 6.41. The lowest BCUT2D eigenvalue weighted by Crippen LogP contribution is -2.47. The lowest BCUT2D eigenvalue weighted by molar-refractivity contribution is 0.183. The fraction of sp³-hybridized carbons (Fsp3) is 0.625. The van der Waals surface area contributed by atoms with Crippen molar-refractivity contribution in [2.24, 2.45) is 0 Å². The van der Waals surface area contributed by atoms with Crippen LogP contribution in [0.4, 0.5) is 5.69 Å². The Balaban J connectivity index is 2.61. The van der Waals surface area contributed by atoms with Crippen molar-refractivity contribution in [1.82, 2.24) is 0 Å². The van der Waals surface area contributed by atoms with E-state index in [1.807, 2.05) is 6.07 Å². The van der Waals surface area contributed by atoms with Gasteiger partial charge in [0.15, 0.2) is 8.32 Å². The summed E-state index contributed by atoms with van der Waals surface area (Å²) in [4.78, 5) is 0. The smallest absolute Gasteiger partial charge is 0.192 e. The van der Waals surface area contributed by atoms with Gasteiger partial charge in [-0.05, 0) is 44.1 Å². The molecule has 2 atom stereocenters. The summed E-state index contributed by atoms with van der Waals surface area (Å²) in [5.41, 5.74) is 1.15. The lowest BCUT2D eigenvalue weighted by atomic mass is 10.2. The van der Waals surface area contributed by atoms with Gasteiger partial charge in [0.2, 0.25) is 0 Å². The first kappa shape index (κ1) is 16.3. The Bertz CT molecular complexity index is 383. The second-order valence-electron chi connectivity index (χ2n) is 6.88. The second kappa shape index (κ2) is 6.10. The van der Waals surface area contributed by atoms with E-state index in [4.69, 9.17) is 4.43 Å². The van der Waals surface area contributed by atoms with Gasteiger partial charge in [0.25, 0.3) is 0 Å². The van der Waals surface area contributed by atoms with Crippen molar-refractivity contribution in [3.05, 3.63) is 30.3 Å². The first-order valence-corrected chi connectivity index (χ1v) is 10.0. The SMILES string of the molecule is C[C@H](Nc1ccccc1)[C@@H](C)O[Si](C)(C)C(C)(C)C. The van der Waals surface area contributed by atoms with E-state index in [2.05, 4.69) is 77.3 Å². The van der Waals surface area contributed by atoms with Gasteiger partial charge in [-0.3, -0.25) is 0 Å². The molecule has 0 heterocycles. The molecule has 0 aliphatic carbocycles. The van der Waals surface area contributed by atoms with E-state index in [-0.39, 0.29) is 11.1 Å². The molecule has 0 amide bonds. The maximum absolute atomic E-state index is 6.41. The highest BCUT2D eigenvalue weighted by atomic mass is 28.4. The van der Waals surface area contributed by atoms with Crippen LogP contribution < -0.4 is 5.32 Å². The molecule has 19 heavy (non-hydrogen) atoms. The van der Waals surface area contributed by atoms with Crippen molar-refractivity contribution in [3.63, 3.8) is 0 Å². The van der Waals surface area contributed by atoms with Gasteiger partial charge >= 0.3 is 0 Å². The van der Waals surface area contributed by atoms with Crippen LogP contribution >= 0.6 is 0 Å². The van der Waals surface area contributed by atoms with Gasteiger partial charge in [0.05, 0.1) is 6.10 Å². The van der Waals surface area contributed by atoms with Gasteiger partial charge in [-0.15, -0.1) is 0 Å². The molecular formula is C16H29NOSi. The number of rotatable bonds is 5. The average Bonchev–Trinajstić information content (AvgIpc) is 2.28. The summed E-state index contributed by atoms with van der Waals surface area (Å²) >= 11 is 0. The van der Waals surface area contributed by atoms with Gasteiger partial charge in [0, 0.05) is 11.7 Å². The monoisotopic (exact) mass is 279 g/mol. The van der Waals surface area contributed by atoms with E-state index in [1.165, 1.54) is 0 Å². The van der Waals surface area contributed by atoms with Crippen LogP contribution in [-0.2, 0) is 4.43 Å². The molecule has 3 heteroatoms. The minimum absolute atomic E-state index is 0.209. The van der Waals surface area contributed by atoms with E-state index in [0.717, 1.165) is 5.69 Å². The minimum Gasteiger partial charge on any atom is -0.412 e. The number of hydrogen-bond acceptors (Lipinski definition) is 2. The summed E-state index contributed by atoms with van der Waals surface area (Å²) in [5, 5.41) is 3.77. The average molecular weight is 280 g/mol. The molecule has 0 fully saturated rings. The molecule has 0 unspecified atom stereocenters. The number of anilines is 1. The molecule has 0 bridgehead atoms. The Kier molecular flexibility index (Phi) is 5.22. The van der Waals surface area contributed by atoms with Crippen LogP contribution in [0.2, 0.25) is 18.1 Å². The highest BCUT2D eigenvalue weighted by molar-refractivity contribution is 6.74. The number of benzene rings is 1. The molecule has 0 spiro atoms. The minimum atomic E-state index is -1.69. The quantitative estimate of drug-likeness (QED) is 0.774. The van der Waals surface area contributed by atoms with Crippen LogP contribution in [0.25, 0.3) is 0 Å². The van der Waals surface area contributed by atoms with Crippen molar-refractivity contribution in [1.29, 1.82) is 0 Å². The highest BCUT2D eigenvalue weighted by Crippen LogP contribution is 2.37. The third kappa shape index (κ3) is 4.66. The molecule has 1 aromatic carbocycles. The summed E-state index contributed by atoms with van der Waals surface area (Å²) in [6, 6.07) is 10.6. The summed E-state index contributed by atoms with van der Waals surface area (Å²) in [5.74, 6) is 0. The van der Waals surface area contributed by atoms with Gasteiger partial charge in [-0.25, -0.2) is 0 Å². The van der Waals surface area contributed by atoms with Crippen LogP contribution in [0.3, 0.4) is 0 Å². The van der Waals surface area contributed by atoms with E-state index in [1.54, 1.807) is 0 Å². The van der Waals surface area contributed by atoms with Crippen molar-refractivity contribution in [3.8, 4) is 0 Å². The Labute approximate surface area is 119 Å². The molecule has 0 radical (unpaired) electrons. The molecule has 1 N–H and O–H groups in total. The largest absolute Gasteiger partial charge is 0.412 e. The van der Waals surface area contributed by atoms with E-state index >= 15 is 0 Å². The van der Waals surface area contributed by atoms with Gasteiger partial charge in [0.1, 0.15) is 0 Å². The molecule has 2 nitrogen and oxygen atoms in total. The highest BCUT2D eigenvalue weighted by Gasteiger charge is 2.39. The summed E-state index contributed by atoms with van der Waals surface area (Å²) in [6.07, 6.45) is 0.209. The van der Waals surface area contributed by atoms with Gasteiger partial charge in [-0.2, -0.15) is 0 Å². The molecule has 0 saturated heterocycles. The Morgan fingerprint density at radius 3 is 2.05 bits per heavy atom. The number of hydrogen-bond donors (Lipinski definition) is 1. The van der Waals surface area contributed by atoms with Crippen molar-refractivity contribution >= 4 is 14.0 Å². The Morgan fingerprint density at radius 2 is 1.58 bits per heavy atom. The molecule has 0 aliphatic heterocycles. The molecule has 1 rings (SSSR count). The first-order valence-electron chi connectivity index (χ1n) is 7.13. The van der Waals surface area contributed by atoms with Crippen LogP contribution in [0.15, 0.2) is 30.3 Å². The fourth-order valence-electron chi connectivity index (χ4n) is 1.66. The van der Waals surface area contributed by atoms with Crippen LogP contribution in [-0.4, -0.2) is 20.5 Å². The van der Waals surface area contributed by atoms with Crippen LogP contribution in [0.1, 0.15) is 34.6 Å². The van der Waals surface area contributed by atoms with Crippen molar-refractivity contribution < 1.29 is 4.43 Å². The predicted octanol–water partition coefficient (Wildman–Crippen LogP) is 4.90. The zero-order valence-corrected chi connectivity index (χ0v) is 14.4. The van der Waals surface area contributed by atoms with E-state index < -0.39 is 8.32 Å². The van der Waals surface area contributed by atoms with E-state index in [9.17, 15) is 0 Å². The molecule has 1 aromatic rings. The Hall–Kier alpha value is -0.803.